The standard InChI is InChI=1S/C17H23FN4OS/c1-4-19-17(21-10-16-13(3)22-11-24-16)20-9-12(2)23-15-8-6-5-7-14(15)18/h5-8,11-12H,4,9-10H2,1-3H3,(H2,19,20,21). The highest BCUT2D eigenvalue weighted by Gasteiger charge is 2.09. The van der Waals surface area contributed by atoms with E-state index in [0.29, 0.717) is 19.0 Å². The number of hydrogen-bond acceptors (Lipinski definition) is 4. The molecule has 1 heterocycles. The van der Waals surface area contributed by atoms with E-state index in [9.17, 15) is 4.39 Å². The highest BCUT2D eigenvalue weighted by atomic mass is 32.1. The quantitative estimate of drug-likeness (QED) is 0.595. The average molecular weight is 350 g/mol. The van der Waals surface area contributed by atoms with Gasteiger partial charge in [-0.2, -0.15) is 0 Å². The van der Waals surface area contributed by atoms with Crippen molar-refractivity contribution < 1.29 is 9.13 Å². The minimum Gasteiger partial charge on any atom is -0.486 e. The van der Waals surface area contributed by atoms with Gasteiger partial charge in [-0.25, -0.2) is 14.4 Å². The van der Waals surface area contributed by atoms with Crippen LogP contribution in [0.2, 0.25) is 0 Å². The van der Waals surface area contributed by atoms with Crippen LogP contribution in [0.1, 0.15) is 24.4 Å². The van der Waals surface area contributed by atoms with Crippen molar-refractivity contribution in [1.82, 2.24) is 15.6 Å². The van der Waals surface area contributed by atoms with Crippen LogP contribution in [-0.2, 0) is 6.54 Å². The second-order valence-electron chi connectivity index (χ2n) is 5.30. The van der Waals surface area contributed by atoms with Crippen LogP contribution in [0.5, 0.6) is 5.75 Å². The molecule has 2 N–H and O–H groups in total. The van der Waals surface area contributed by atoms with Crippen molar-refractivity contribution in [3.05, 3.63) is 46.2 Å². The Bertz CT molecular complexity index is 674. The molecule has 5 nitrogen and oxygen atoms in total. The Labute approximate surface area is 146 Å². The van der Waals surface area contributed by atoms with Gasteiger partial charge >= 0.3 is 0 Å². The van der Waals surface area contributed by atoms with Crippen LogP contribution >= 0.6 is 11.3 Å². The van der Waals surface area contributed by atoms with E-state index in [1.54, 1.807) is 29.5 Å². The Morgan fingerprint density at radius 2 is 2.17 bits per heavy atom. The Morgan fingerprint density at radius 1 is 1.38 bits per heavy atom. The Kier molecular flexibility index (Phi) is 6.99. The summed E-state index contributed by atoms with van der Waals surface area (Å²) < 4.78 is 19.2. The lowest BCUT2D eigenvalue weighted by Crippen LogP contribution is -2.41. The van der Waals surface area contributed by atoms with Gasteiger partial charge in [0.1, 0.15) is 6.10 Å². The zero-order valence-corrected chi connectivity index (χ0v) is 15.0. The SMILES string of the molecule is CCNC(=NCc1scnc1C)NCC(C)Oc1ccccc1F. The number of thiazole rings is 1. The van der Waals surface area contributed by atoms with Gasteiger partial charge < -0.3 is 15.4 Å². The van der Waals surface area contributed by atoms with Crippen LogP contribution in [0.3, 0.4) is 0 Å². The minimum atomic E-state index is -0.356. The number of para-hydroxylation sites is 1. The normalized spacial score (nSPS) is 12.8. The molecule has 0 aliphatic heterocycles. The van der Waals surface area contributed by atoms with E-state index in [0.717, 1.165) is 17.1 Å². The molecule has 0 spiro atoms. The van der Waals surface area contributed by atoms with Gasteiger partial charge in [-0.3, -0.25) is 0 Å². The second kappa shape index (κ2) is 9.22. The van der Waals surface area contributed by atoms with Gasteiger partial charge in [0.2, 0.25) is 0 Å². The molecular weight excluding hydrogens is 327 g/mol. The predicted octanol–water partition coefficient (Wildman–Crippen LogP) is 3.11. The van der Waals surface area contributed by atoms with Crippen molar-refractivity contribution in [3.8, 4) is 5.75 Å². The molecule has 7 heteroatoms. The number of benzene rings is 1. The van der Waals surface area contributed by atoms with Crippen LogP contribution in [-0.4, -0.2) is 30.1 Å². The third-order valence-electron chi connectivity index (χ3n) is 3.29. The van der Waals surface area contributed by atoms with Crippen LogP contribution in [0, 0.1) is 12.7 Å². The first-order chi connectivity index (χ1) is 11.6. The number of rotatable bonds is 7. The number of guanidine groups is 1. The van der Waals surface area contributed by atoms with Gasteiger partial charge in [0, 0.05) is 11.4 Å². The van der Waals surface area contributed by atoms with Crippen LogP contribution in [0.4, 0.5) is 4.39 Å². The first-order valence-corrected chi connectivity index (χ1v) is 8.80. The summed E-state index contributed by atoms with van der Waals surface area (Å²) in [7, 11) is 0. The monoisotopic (exact) mass is 350 g/mol. The fourth-order valence-electron chi connectivity index (χ4n) is 2.01. The van der Waals surface area contributed by atoms with Crippen molar-refractivity contribution in [3.63, 3.8) is 0 Å². The van der Waals surface area contributed by atoms with Gasteiger partial charge in [-0.05, 0) is 32.9 Å². The summed E-state index contributed by atoms with van der Waals surface area (Å²) in [6, 6.07) is 6.40. The van der Waals surface area contributed by atoms with Crippen molar-refractivity contribution >= 4 is 17.3 Å². The van der Waals surface area contributed by atoms with Gasteiger partial charge in [0.15, 0.2) is 17.5 Å². The van der Waals surface area contributed by atoms with E-state index in [2.05, 4.69) is 20.6 Å². The molecule has 0 saturated heterocycles. The molecule has 1 atom stereocenters. The Hall–Kier alpha value is -2.15. The fraction of sp³-hybridized carbons (Fsp3) is 0.412. The molecule has 24 heavy (non-hydrogen) atoms. The van der Waals surface area contributed by atoms with Gasteiger partial charge in [-0.15, -0.1) is 11.3 Å². The lowest BCUT2D eigenvalue weighted by molar-refractivity contribution is 0.214. The minimum absolute atomic E-state index is 0.198. The molecule has 1 aromatic heterocycles. The highest BCUT2D eigenvalue weighted by molar-refractivity contribution is 7.09. The van der Waals surface area contributed by atoms with Crippen LogP contribution in [0.15, 0.2) is 34.8 Å². The Balaban J connectivity index is 1.88. The smallest absolute Gasteiger partial charge is 0.191 e. The number of aromatic nitrogens is 1. The fourth-order valence-corrected chi connectivity index (χ4v) is 2.71. The first kappa shape index (κ1) is 18.2. The molecule has 130 valence electrons. The summed E-state index contributed by atoms with van der Waals surface area (Å²) in [6.07, 6.45) is -0.198. The number of nitrogens with one attached hydrogen (secondary N) is 2. The summed E-state index contributed by atoms with van der Waals surface area (Å²) in [5.74, 6) is 0.605. The third kappa shape index (κ3) is 5.49. The molecule has 0 fully saturated rings. The molecule has 1 unspecified atom stereocenters. The number of aryl methyl sites for hydroxylation is 1. The summed E-state index contributed by atoms with van der Waals surface area (Å²) in [5.41, 5.74) is 2.83. The van der Waals surface area contributed by atoms with Crippen molar-refractivity contribution in [1.29, 1.82) is 0 Å². The number of halogens is 1. The maximum atomic E-state index is 13.6. The van der Waals surface area contributed by atoms with Crippen LogP contribution in [0.25, 0.3) is 0 Å². The lowest BCUT2D eigenvalue weighted by Gasteiger charge is -2.18. The molecule has 0 bridgehead atoms. The van der Waals surface area contributed by atoms with E-state index in [4.69, 9.17) is 4.74 Å². The van der Waals surface area contributed by atoms with E-state index in [1.165, 1.54) is 6.07 Å². The first-order valence-electron chi connectivity index (χ1n) is 7.92. The number of nitrogens with zero attached hydrogens (tertiary/aromatic N) is 2. The molecule has 2 rings (SSSR count). The summed E-state index contributed by atoms with van der Waals surface area (Å²) >= 11 is 1.60. The lowest BCUT2D eigenvalue weighted by atomic mass is 10.3. The average Bonchev–Trinajstić information content (AvgIpc) is 2.97. The third-order valence-corrected chi connectivity index (χ3v) is 4.21. The van der Waals surface area contributed by atoms with Crippen molar-refractivity contribution in [2.75, 3.05) is 13.1 Å². The second-order valence-corrected chi connectivity index (χ2v) is 6.24. The summed E-state index contributed by atoms with van der Waals surface area (Å²) in [6.45, 7) is 7.73. The molecule has 1 aromatic carbocycles. The van der Waals surface area contributed by atoms with Crippen LogP contribution < -0.4 is 15.4 Å². The zero-order valence-electron chi connectivity index (χ0n) is 14.2. The molecule has 2 aromatic rings. The van der Waals surface area contributed by atoms with E-state index < -0.39 is 0 Å². The summed E-state index contributed by atoms with van der Waals surface area (Å²) in [4.78, 5) is 9.91. The largest absolute Gasteiger partial charge is 0.486 e. The molecule has 0 amide bonds. The van der Waals surface area contributed by atoms with E-state index >= 15 is 0 Å². The van der Waals surface area contributed by atoms with Crippen molar-refractivity contribution in [2.45, 2.75) is 33.4 Å². The predicted molar refractivity (Wildman–Crippen MR) is 96.2 cm³/mol. The molecule has 0 radical (unpaired) electrons. The molecular formula is C17H23FN4OS. The van der Waals surface area contributed by atoms with Gasteiger partial charge in [-0.1, -0.05) is 12.1 Å². The molecule has 0 saturated carbocycles. The summed E-state index contributed by atoms with van der Waals surface area (Å²) in [5, 5.41) is 6.41. The van der Waals surface area contributed by atoms with Crippen molar-refractivity contribution in [2.24, 2.45) is 4.99 Å². The highest BCUT2D eigenvalue weighted by Crippen LogP contribution is 2.16. The zero-order chi connectivity index (χ0) is 17.4. The maximum Gasteiger partial charge on any atom is 0.191 e. The van der Waals surface area contributed by atoms with Gasteiger partial charge in [0.05, 0.1) is 24.3 Å². The van der Waals surface area contributed by atoms with E-state index in [-0.39, 0.29) is 17.7 Å². The van der Waals surface area contributed by atoms with Gasteiger partial charge in [0.25, 0.3) is 0 Å². The molecule has 0 aliphatic carbocycles. The number of aliphatic imine (C=N–C) groups is 1. The topological polar surface area (TPSA) is 58.5 Å². The molecule has 0 aliphatic rings. The number of hydrogen-bond donors (Lipinski definition) is 2. The maximum absolute atomic E-state index is 13.6. The van der Waals surface area contributed by atoms with E-state index in [1.807, 2.05) is 26.3 Å². The Morgan fingerprint density at radius 3 is 2.83 bits per heavy atom. The number of ether oxygens (including phenoxy) is 1.